The van der Waals surface area contributed by atoms with Gasteiger partial charge in [-0.3, -0.25) is 0 Å². The van der Waals surface area contributed by atoms with Crippen molar-refractivity contribution in [1.82, 2.24) is 4.98 Å². The van der Waals surface area contributed by atoms with Crippen molar-refractivity contribution < 1.29 is 4.74 Å². The van der Waals surface area contributed by atoms with Crippen LogP contribution in [0.2, 0.25) is 5.02 Å². The molecular formula is C19H19ClN2O. The zero-order chi connectivity index (χ0) is 16.0. The van der Waals surface area contributed by atoms with Gasteiger partial charge < -0.3 is 15.5 Å². The van der Waals surface area contributed by atoms with Crippen LogP contribution in [-0.2, 0) is 0 Å². The van der Waals surface area contributed by atoms with Crippen molar-refractivity contribution in [1.29, 1.82) is 0 Å². The van der Waals surface area contributed by atoms with Gasteiger partial charge in [-0.2, -0.15) is 0 Å². The van der Waals surface area contributed by atoms with Crippen molar-refractivity contribution in [2.75, 3.05) is 13.7 Å². The number of aromatic amines is 1. The predicted octanol–water partition coefficient (Wildman–Crippen LogP) is 4.41. The molecule has 0 bridgehead atoms. The maximum absolute atomic E-state index is 6.19. The number of benzene rings is 2. The molecule has 0 radical (unpaired) electrons. The molecule has 2 atom stereocenters. The second-order valence-electron chi connectivity index (χ2n) is 6.15. The first-order valence-electron chi connectivity index (χ1n) is 7.85. The highest BCUT2D eigenvalue weighted by Crippen LogP contribution is 2.47. The molecular weight excluding hydrogens is 308 g/mol. The molecule has 1 aliphatic carbocycles. The molecule has 23 heavy (non-hydrogen) atoms. The van der Waals surface area contributed by atoms with Crippen LogP contribution in [0, 0.1) is 0 Å². The summed E-state index contributed by atoms with van der Waals surface area (Å²) >= 11 is 6.19. The summed E-state index contributed by atoms with van der Waals surface area (Å²) in [5.74, 6) is 1.59. The first-order chi connectivity index (χ1) is 11.2. The largest absolute Gasteiger partial charge is 0.497 e. The Balaban J connectivity index is 1.86. The van der Waals surface area contributed by atoms with E-state index in [1.54, 1.807) is 7.11 Å². The number of H-pyrrole nitrogens is 1. The summed E-state index contributed by atoms with van der Waals surface area (Å²) in [6.07, 6.45) is 3.14. The molecule has 0 spiro atoms. The first-order valence-corrected chi connectivity index (χ1v) is 8.23. The van der Waals surface area contributed by atoms with Gasteiger partial charge in [0, 0.05) is 28.0 Å². The number of hydrogen-bond acceptors (Lipinski definition) is 2. The van der Waals surface area contributed by atoms with Crippen molar-refractivity contribution in [3.05, 3.63) is 64.3 Å². The van der Waals surface area contributed by atoms with E-state index in [4.69, 9.17) is 22.1 Å². The Kier molecular flexibility index (Phi) is 3.55. The predicted molar refractivity (Wildman–Crippen MR) is 94.6 cm³/mol. The molecule has 0 saturated carbocycles. The molecule has 118 valence electrons. The topological polar surface area (TPSA) is 51.0 Å². The van der Waals surface area contributed by atoms with Crippen molar-refractivity contribution in [3.8, 4) is 5.75 Å². The van der Waals surface area contributed by atoms with Gasteiger partial charge in [-0.1, -0.05) is 17.7 Å². The monoisotopic (exact) mass is 326 g/mol. The third kappa shape index (κ3) is 2.32. The highest BCUT2D eigenvalue weighted by Gasteiger charge is 2.32. The van der Waals surface area contributed by atoms with E-state index in [-0.39, 0.29) is 0 Å². The van der Waals surface area contributed by atoms with Crippen LogP contribution in [0.4, 0.5) is 0 Å². The number of nitrogens with two attached hydrogens (primary N) is 1. The Labute approximate surface area is 140 Å². The van der Waals surface area contributed by atoms with Gasteiger partial charge in [0.25, 0.3) is 0 Å². The summed E-state index contributed by atoms with van der Waals surface area (Å²) in [5.41, 5.74) is 11.1. The second kappa shape index (κ2) is 5.59. The average molecular weight is 327 g/mol. The third-order valence-electron chi connectivity index (χ3n) is 4.97. The van der Waals surface area contributed by atoms with Gasteiger partial charge in [0.2, 0.25) is 0 Å². The molecule has 1 aromatic heterocycles. The van der Waals surface area contributed by atoms with Gasteiger partial charge >= 0.3 is 0 Å². The number of halogens is 1. The van der Waals surface area contributed by atoms with Crippen molar-refractivity contribution in [3.63, 3.8) is 0 Å². The molecule has 0 amide bonds. The molecule has 0 aliphatic heterocycles. The van der Waals surface area contributed by atoms with Gasteiger partial charge in [0.15, 0.2) is 0 Å². The fourth-order valence-electron chi connectivity index (χ4n) is 3.81. The summed E-state index contributed by atoms with van der Waals surface area (Å²) in [6.45, 7) is 0.648. The molecule has 1 aliphatic rings. The van der Waals surface area contributed by atoms with Gasteiger partial charge in [-0.25, -0.2) is 0 Å². The van der Waals surface area contributed by atoms with Crippen LogP contribution in [-0.4, -0.2) is 18.6 Å². The maximum Gasteiger partial charge on any atom is 0.119 e. The Morgan fingerprint density at radius 3 is 2.83 bits per heavy atom. The summed E-state index contributed by atoms with van der Waals surface area (Å²) in [5, 5.41) is 2.00. The third-order valence-corrected chi connectivity index (χ3v) is 5.20. The van der Waals surface area contributed by atoms with E-state index in [2.05, 4.69) is 35.4 Å². The minimum Gasteiger partial charge on any atom is -0.497 e. The van der Waals surface area contributed by atoms with Crippen molar-refractivity contribution in [2.24, 2.45) is 5.73 Å². The Morgan fingerprint density at radius 2 is 2.04 bits per heavy atom. The van der Waals surface area contributed by atoms with Gasteiger partial charge in [0.05, 0.1) is 7.11 Å². The molecule has 4 rings (SSSR count). The van der Waals surface area contributed by atoms with E-state index < -0.39 is 0 Å². The van der Waals surface area contributed by atoms with Gasteiger partial charge in [-0.05, 0) is 65.9 Å². The molecule has 3 N–H and O–H groups in total. The SMILES string of the molecule is COc1ccc2[nH]cc([C@H]3C[C@H](CN)c4cc(Cl)ccc43)c2c1. The zero-order valence-corrected chi connectivity index (χ0v) is 13.7. The number of aromatic nitrogens is 1. The Morgan fingerprint density at radius 1 is 1.17 bits per heavy atom. The smallest absolute Gasteiger partial charge is 0.119 e. The summed E-state index contributed by atoms with van der Waals surface area (Å²) in [7, 11) is 1.70. The fraction of sp³-hybridized carbons (Fsp3) is 0.263. The molecule has 3 nitrogen and oxygen atoms in total. The fourth-order valence-corrected chi connectivity index (χ4v) is 3.99. The summed E-state index contributed by atoms with van der Waals surface area (Å²) in [6, 6.07) is 12.3. The van der Waals surface area contributed by atoms with Crippen molar-refractivity contribution >= 4 is 22.5 Å². The molecule has 2 aromatic carbocycles. The average Bonchev–Trinajstić information content (AvgIpc) is 3.14. The normalized spacial score (nSPS) is 20.0. The van der Waals surface area contributed by atoms with E-state index in [1.807, 2.05) is 12.1 Å². The van der Waals surface area contributed by atoms with E-state index in [0.29, 0.717) is 18.4 Å². The first kappa shape index (κ1) is 14.6. The van der Waals surface area contributed by atoms with Crippen LogP contribution in [0.5, 0.6) is 5.75 Å². The lowest BCUT2D eigenvalue weighted by atomic mass is 9.92. The van der Waals surface area contributed by atoms with Crippen LogP contribution in [0.3, 0.4) is 0 Å². The minimum atomic E-state index is 0.344. The van der Waals surface area contributed by atoms with Crippen LogP contribution in [0.25, 0.3) is 10.9 Å². The highest BCUT2D eigenvalue weighted by atomic mass is 35.5. The molecule has 3 aromatic rings. The number of nitrogens with one attached hydrogen (secondary N) is 1. The van der Waals surface area contributed by atoms with Crippen LogP contribution in [0.15, 0.2) is 42.6 Å². The minimum absolute atomic E-state index is 0.344. The number of fused-ring (bicyclic) bond motifs is 2. The molecule has 1 heterocycles. The number of methoxy groups -OCH3 is 1. The lowest BCUT2D eigenvalue weighted by Gasteiger charge is -2.11. The van der Waals surface area contributed by atoms with Crippen LogP contribution in [0.1, 0.15) is 34.9 Å². The highest BCUT2D eigenvalue weighted by molar-refractivity contribution is 6.30. The van der Waals surface area contributed by atoms with Gasteiger partial charge in [-0.15, -0.1) is 0 Å². The van der Waals surface area contributed by atoms with Gasteiger partial charge in [0.1, 0.15) is 5.75 Å². The molecule has 4 heteroatoms. The second-order valence-corrected chi connectivity index (χ2v) is 6.59. The van der Waals surface area contributed by atoms with E-state index in [1.165, 1.54) is 22.1 Å². The molecule has 0 fully saturated rings. The zero-order valence-electron chi connectivity index (χ0n) is 13.0. The lowest BCUT2D eigenvalue weighted by Crippen LogP contribution is -2.09. The van der Waals surface area contributed by atoms with Crippen LogP contribution < -0.4 is 10.5 Å². The van der Waals surface area contributed by atoms with E-state index in [9.17, 15) is 0 Å². The summed E-state index contributed by atoms with van der Waals surface area (Å²) < 4.78 is 5.39. The molecule has 0 unspecified atom stereocenters. The molecule has 0 saturated heterocycles. The standard InChI is InChI=1S/C19H19ClN2O/c1-23-13-3-5-19-17(8-13)18(10-22-19)16-6-11(9-21)15-7-12(20)2-4-14(15)16/h2-5,7-8,10-11,16,22H,6,9,21H2,1H3/t11-,16+/m1/s1. The van der Waals surface area contributed by atoms with E-state index in [0.717, 1.165) is 22.7 Å². The van der Waals surface area contributed by atoms with Crippen molar-refractivity contribution in [2.45, 2.75) is 18.3 Å². The Bertz CT molecular complexity index is 871. The lowest BCUT2D eigenvalue weighted by molar-refractivity contribution is 0.415. The number of ether oxygens (including phenoxy) is 1. The quantitative estimate of drug-likeness (QED) is 0.749. The maximum atomic E-state index is 6.19. The number of rotatable bonds is 3. The van der Waals surface area contributed by atoms with E-state index >= 15 is 0 Å². The number of hydrogen-bond donors (Lipinski definition) is 2. The summed E-state index contributed by atoms with van der Waals surface area (Å²) in [4.78, 5) is 3.38. The van der Waals surface area contributed by atoms with Crippen LogP contribution >= 0.6 is 11.6 Å². The Hall–Kier alpha value is -1.97.